The quantitative estimate of drug-likeness (QED) is 0.784. The fraction of sp³-hybridized carbons (Fsp3) is 0.636. The van der Waals surface area contributed by atoms with Crippen LogP contribution in [0.3, 0.4) is 0 Å². The van der Waals surface area contributed by atoms with Crippen LogP contribution in [0.25, 0.3) is 0 Å². The van der Waals surface area contributed by atoms with Crippen LogP contribution >= 0.6 is 0 Å². The van der Waals surface area contributed by atoms with Crippen LogP contribution < -0.4 is 5.32 Å². The molecule has 0 atom stereocenters. The molecule has 15 heavy (non-hydrogen) atoms. The zero-order valence-corrected chi connectivity index (χ0v) is 8.82. The maximum absolute atomic E-state index is 9.42. The van der Waals surface area contributed by atoms with E-state index in [0.717, 1.165) is 25.2 Å². The van der Waals surface area contributed by atoms with Gasteiger partial charge in [-0.15, -0.1) is 0 Å². The van der Waals surface area contributed by atoms with Crippen molar-refractivity contribution >= 4 is 5.82 Å². The molecule has 0 radical (unpaired) electrons. The lowest BCUT2D eigenvalue weighted by molar-refractivity contribution is 0.142. The first-order valence-corrected chi connectivity index (χ1v) is 5.45. The number of rotatable bonds is 4. The molecule has 1 heterocycles. The van der Waals surface area contributed by atoms with Crippen LogP contribution in [-0.2, 0) is 0 Å². The Morgan fingerprint density at radius 3 is 2.73 bits per heavy atom. The van der Waals surface area contributed by atoms with E-state index in [1.54, 1.807) is 18.6 Å². The molecule has 82 valence electrons. The third-order valence-electron chi connectivity index (χ3n) is 3.21. The van der Waals surface area contributed by atoms with Crippen molar-refractivity contribution in [2.45, 2.75) is 25.7 Å². The molecule has 1 aromatic heterocycles. The molecule has 0 spiro atoms. The zero-order chi connectivity index (χ0) is 10.6. The lowest BCUT2D eigenvalue weighted by Crippen LogP contribution is -2.30. The maximum Gasteiger partial charge on any atom is 0.144 e. The molecule has 0 aliphatic heterocycles. The van der Waals surface area contributed by atoms with Crippen LogP contribution in [-0.4, -0.2) is 28.2 Å². The summed E-state index contributed by atoms with van der Waals surface area (Å²) in [5.41, 5.74) is 0.0670. The molecule has 0 bridgehead atoms. The SMILES string of the molecule is OCC1(CNc2cnccn2)CCCC1. The second-order valence-corrected chi connectivity index (χ2v) is 4.31. The number of hydrogen-bond acceptors (Lipinski definition) is 4. The van der Waals surface area contributed by atoms with Crippen LogP contribution in [0.1, 0.15) is 25.7 Å². The highest BCUT2D eigenvalue weighted by atomic mass is 16.3. The Labute approximate surface area is 89.8 Å². The number of aromatic nitrogens is 2. The van der Waals surface area contributed by atoms with E-state index in [1.807, 2.05) is 0 Å². The third-order valence-corrected chi connectivity index (χ3v) is 3.21. The van der Waals surface area contributed by atoms with E-state index in [2.05, 4.69) is 15.3 Å². The highest BCUT2D eigenvalue weighted by Crippen LogP contribution is 2.37. The Morgan fingerprint density at radius 2 is 2.13 bits per heavy atom. The van der Waals surface area contributed by atoms with Gasteiger partial charge in [0.05, 0.1) is 12.8 Å². The van der Waals surface area contributed by atoms with Gasteiger partial charge >= 0.3 is 0 Å². The van der Waals surface area contributed by atoms with Crippen LogP contribution in [0.2, 0.25) is 0 Å². The van der Waals surface area contributed by atoms with Crippen molar-refractivity contribution in [1.82, 2.24) is 9.97 Å². The summed E-state index contributed by atoms with van der Waals surface area (Å²) in [6.07, 6.45) is 9.70. The molecule has 2 N–H and O–H groups in total. The summed E-state index contributed by atoms with van der Waals surface area (Å²) < 4.78 is 0. The minimum absolute atomic E-state index is 0.0670. The van der Waals surface area contributed by atoms with Crippen molar-refractivity contribution < 1.29 is 5.11 Å². The van der Waals surface area contributed by atoms with Gasteiger partial charge in [0.1, 0.15) is 5.82 Å². The van der Waals surface area contributed by atoms with E-state index < -0.39 is 0 Å². The average molecular weight is 207 g/mol. The third kappa shape index (κ3) is 2.45. The van der Waals surface area contributed by atoms with Crippen molar-refractivity contribution in [2.75, 3.05) is 18.5 Å². The van der Waals surface area contributed by atoms with Gasteiger partial charge in [-0.1, -0.05) is 12.8 Å². The highest BCUT2D eigenvalue weighted by Gasteiger charge is 2.32. The average Bonchev–Trinajstić information content (AvgIpc) is 2.77. The molecular weight excluding hydrogens is 190 g/mol. The van der Waals surface area contributed by atoms with Gasteiger partial charge in [0.15, 0.2) is 0 Å². The van der Waals surface area contributed by atoms with Gasteiger partial charge in [0.2, 0.25) is 0 Å². The van der Waals surface area contributed by atoms with Gasteiger partial charge in [-0.05, 0) is 12.8 Å². The Bertz CT molecular complexity index is 296. The van der Waals surface area contributed by atoms with Crippen molar-refractivity contribution in [3.8, 4) is 0 Å². The first-order valence-electron chi connectivity index (χ1n) is 5.45. The van der Waals surface area contributed by atoms with E-state index in [1.165, 1.54) is 12.8 Å². The highest BCUT2D eigenvalue weighted by molar-refractivity contribution is 5.30. The molecule has 0 saturated heterocycles. The second kappa shape index (κ2) is 4.57. The summed E-state index contributed by atoms with van der Waals surface area (Å²) >= 11 is 0. The van der Waals surface area contributed by atoms with E-state index in [0.29, 0.717) is 0 Å². The molecule has 1 aliphatic rings. The van der Waals surface area contributed by atoms with Gasteiger partial charge < -0.3 is 10.4 Å². The minimum Gasteiger partial charge on any atom is -0.396 e. The standard InChI is InChI=1S/C11H17N3O/c15-9-11(3-1-2-4-11)8-14-10-7-12-5-6-13-10/h5-7,15H,1-4,8-9H2,(H,13,14). The lowest BCUT2D eigenvalue weighted by Gasteiger charge is -2.26. The zero-order valence-electron chi connectivity index (χ0n) is 8.82. The molecule has 2 rings (SSSR count). The fourth-order valence-corrected chi connectivity index (χ4v) is 2.18. The summed E-state index contributed by atoms with van der Waals surface area (Å²) in [5, 5.41) is 12.7. The predicted octanol–water partition coefficient (Wildman–Crippen LogP) is 1.44. The number of hydrogen-bond donors (Lipinski definition) is 2. The summed E-state index contributed by atoms with van der Waals surface area (Å²) in [5.74, 6) is 0.789. The predicted molar refractivity (Wildman–Crippen MR) is 58.5 cm³/mol. The number of aliphatic hydroxyl groups is 1. The normalized spacial score (nSPS) is 19.0. The van der Waals surface area contributed by atoms with E-state index in [9.17, 15) is 5.11 Å². The van der Waals surface area contributed by atoms with Gasteiger partial charge in [-0.3, -0.25) is 4.98 Å². The monoisotopic (exact) mass is 207 g/mol. The number of nitrogens with zero attached hydrogens (tertiary/aromatic N) is 2. The molecule has 1 aromatic rings. The van der Waals surface area contributed by atoms with Crippen LogP contribution in [0, 0.1) is 5.41 Å². The second-order valence-electron chi connectivity index (χ2n) is 4.31. The van der Waals surface area contributed by atoms with Gasteiger partial charge in [-0.25, -0.2) is 4.98 Å². The van der Waals surface area contributed by atoms with Gasteiger partial charge in [-0.2, -0.15) is 0 Å². The van der Waals surface area contributed by atoms with Crippen LogP contribution in [0.15, 0.2) is 18.6 Å². The van der Waals surface area contributed by atoms with E-state index >= 15 is 0 Å². The summed E-state index contributed by atoms with van der Waals surface area (Å²) in [7, 11) is 0. The Hall–Kier alpha value is -1.16. The first-order chi connectivity index (χ1) is 7.35. The number of aliphatic hydroxyl groups excluding tert-OH is 1. The molecule has 0 unspecified atom stereocenters. The minimum atomic E-state index is 0.0670. The summed E-state index contributed by atoms with van der Waals surface area (Å²) in [6, 6.07) is 0. The molecule has 1 fully saturated rings. The summed E-state index contributed by atoms with van der Waals surface area (Å²) in [6.45, 7) is 1.06. The number of anilines is 1. The molecule has 4 nitrogen and oxygen atoms in total. The van der Waals surface area contributed by atoms with Crippen molar-refractivity contribution in [3.63, 3.8) is 0 Å². The van der Waals surface area contributed by atoms with E-state index in [-0.39, 0.29) is 12.0 Å². The Balaban J connectivity index is 1.92. The summed E-state index contributed by atoms with van der Waals surface area (Å²) in [4.78, 5) is 8.14. The molecule has 4 heteroatoms. The van der Waals surface area contributed by atoms with E-state index in [4.69, 9.17) is 0 Å². The van der Waals surface area contributed by atoms with Gasteiger partial charge in [0, 0.05) is 24.4 Å². The first kappa shape index (κ1) is 10.4. The molecule has 1 aliphatic carbocycles. The Kier molecular flexibility index (Phi) is 3.16. The topological polar surface area (TPSA) is 58.0 Å². The molecule has 0 aromatic carbocycles. The number of nitrogens with one attached hydrogen (secondary N) is 1. The lowest BCUT2D eigenvalue weighted by atomic mass is 9.87. The molecular formula is C11H17N3O. The maximum atomic E-state index is 9.42. The fourth-order valence-electron chi connectivity index (χ4n) is 2.18. The molecule has 1 saturated carbocycles. The van der Waals surface area contributed by atoms with Crippen LogP contribution in [0.5, 0.6) is 0 Å². The van der Waals surface area contributed by atoms with Crippen molar-refractivity contribution in [2.24, 2.45) is 5.41 Å². The largest absolute Gasteiger partial charge is 0.396 e. The van der Waals surface area contributed by atoms with Crippen LogP contribution in [0.4, 0.5) is 5.82 Å². The smallest absolute Gasteiger partial charge is 0.144 e. The van der Waals surface area contributed by atoms with Crippen molar-refractivity contribution in [3.05, 3.63) is 18.6 Å². The Morgan fingerprint density at radius 1 is 1.33 bits per heavy atom. The molecule has 0 amide bonds. The van der Waals surface area contributed by atoms with Crippen molar-refractivity contribution in [1.29, 1.82) is 0 Å². The van der Waals surface area contributed by atoms with Gasteiger partial charge in [0.25, 0.3) is 0 Å².